The number of nitrogens with zero attached hydrogens (tertiary/aromatic N) is 1. The van der Waals surface area contributed by atoms with Crippen molar-refractivity contribution in [1.82, 2.24) is 0 Å². The second-order valence-electron chi connectivity index (χ2n) is 5.05. The van der Waals surface area contributed by atoms with Gasteiger partial charge in [0.05, 0.1) is 27.2 Å². The maximum absolute atomic E-state index is 12.8. The zero-order chi connectivity index (χ0) is 18.1. The molecule has 0 saturated carbocycles. The Balaban J connectivity index is 1.93. The quantitative estimate of drug-likeness (QED) is 0.507. The van der Waals surface area contributed by atoms with Crippen molar-refractivity contribution < 1.29 is 14.6 Å². The number of halogens is 2. The SMILES string of the molecule is COc1ccc(N2C(=O)/C(=C/c3ccc(O)c(Br)c3)SC2=S)cc1Cl. The predicted octanol–water partition coefficient (Wildman–Crippen LogP) is 5.22. The topological polar surface area (TPSA) is 49.8 Å². The zero-order valence-corrected chi connectivity index (χ0v) is 16.8. The van der Waals surface area contributed by atoms with Gasteiger partial charge in [-0.3, -0.25) is 9.69 Å². The van der Waals surface area contributed by atoms with E-state index in [1.807, 2.05) is 0 Å². The number of amides is 1. The first-order valence-electron chi connectivity index (χ1n) is 7.00. The second-order valence-corrected chi connectivity index (χ2v) is 7.98. The van der Waals surface area contributed by atoms with Gasteiger partial charge in [-0.2, -0.15) is 0 Å². The first kappa shape index (κ1) is 18.3. The van der Waals surface area contributed by atoms with E-state index in [9.17, 15) is 9.90 Å². The van der Waals surface area contributed by atoms with Crippen molar-refractivity contribution in [3.8, 4) is 11.5 Å². The number of methoxy groups -OCH3 is 1. The van der Waals surface area contributed by atoms with Gasteiger partial charge in [0.25, 0.3) is 5.91 Å². The van der Waals surface area contributed by atoms with Crippen LogP contribution in [0, 0.1) is 0 Å². The molecule has 4 nitrogen and oxygen atoms in total. The predicted molar refractivity (Wildman–Crippen MR) is 109 cm³/mol. The third-order valence-corrected chi connectivity index (χ3v) is 5.69. The molecule has 1 saturated heterocycles. The molecule has 0 spiro atoms. The molecular weight excluding hydrogens is 446 g/mol. The van der Waals surface area contributed by atoms with Gasteiger partial charge in [0.2, 0.25) is 0 Å². The number of phenols is 1. The van der Waals surface area contributed by atoms with Crippen LogP contribution in [0.5, 0.6) is 11.5 Å². The third kappa shape index (κ3) is 3.69. The molecule has 2 aromatic carbocycles. The van der Waals surface area contributed by atoms with Crippen molar-refractivity contribution in [2.75, 3.05) is 12.0 Å². The highest BCUT2D eigenvalue weighted by Gasteiger charge is 2.33. The number of thioether (sulfide) groups is 1. The molecule has 1 heterocycles. The van der Waals surface area contributed by atoms with Crippen molar-refractivity contribution in [2.45, 2.75) is 0 Å². The number of thiocarbonyl (C=S) groups is 1. The minimum atomic E-state index is -0.222. The number of benzene rings is 2. The van der Waals surface area contributed by atoms with Crippen molar-refractivity contribution >= 4 is 73.5 Å². The number of hydrogen-bond donors (Lipinski definition) is 1. The van der Waals surface area contributed by atoms with Gasteiger partial charge in [0, 0.05) is 0 Å². The lowest BCUT2D eigenvalue weighted by molar-refractivity contribution is -0.113. The van der Waals surface area contributed by atoms with E-state index in [0.29, 0.717) is 30.2 Å². The lowest BCUT2D eigenvalue weighted by atomic mass is 10.2. The van der Waals surface area contributed by atoms with Gasteiger partial charge >= 0.3 is 0 Å². The van der Waals surface area contributed by atoms with Crippen LogP contribution in [0.2, 0.25) is 5.02 Å². The Morgan fingerprint density at radius 1 is 1.32 bits per heavy atom. The minimum absolute atomic E-state index is 0.137. The first-order valence-corrected chi connectivity index (χ1v) is 9.40. The average molecular weight is 457 g/mol. The number of hydrogen-bond acceptors (Lipinski definition) is 5. The lowest BCUT2D eigenvalue weighted by Crippen LogP contribution is -2.27. The van der Waals surface area contributed by atoms with Crippen LogP contribution < -0.4 is 9.64 Å². The minimum Gasteiger partial charge on any atom is -0.507 e. The fourth-order valence-corrected chi connectivity index (χ4v) is 4.20. The number of phenolic OH excluding ortho intramolecular Hbond substituents is 1. The number of carbonyl (C=O) groups is 1. The summed E-state index contributed by atoms with van der Waals surface area (Å²) in [6.07, 6.45) is 1.73. The highest BCUT2D eigenvalue weighted by molar-refractivity contribution is 9.10. The molecule has 8 heteroatoms. The molecule has 0 unspecified atom stereocenters. The second kappa shape index (κ2) is 7.37. The molecule has 0 aromatic heterocycles. The number of anilines is 1. The number of ether oxygens (including phenoxy) is 1. The van der Waals surface area contributed by atoms with Gasteiger partial charge in [-0.25, -0.2) is 0 Å². The molecule has 0 bridgehead atoms. The van der Waals surface area contributed by atoms with Crippen LogP contribution in [0.3, 0.4) is 0 Å². The van der Waals surface area contributed by atoms with Gasteiger partial charge in [-0.05, 0) is 57.9 Å². The Morgan fingerprint density at radius 3 is 2.72 bits per heavy atom. The smallest absolute Gasteiger partial charge is 0.270 e. The van der Waals surface area contributed by atoms with Gasteiger partial charge in [-0.15, -0.1) is 0 Å². The fourth-order valence-electron chi connectivity index (χ4n) is 2.25. The molecule has 1 fully saturated rings. The maximum atomic E-state index is 12.8. The lowest BCUT2D eigenvalue weighted by Gasteiger charge is -2.15. The molecule has 1 aliphatic rings. The summed E-state index contributed by atoms with van der Waals surface area (Å²) in [5, 5.41) is 9.97. The van der Waals surface area contributed by atoms with E-state index in [-0.39, 0.29) is 11.7 Å². The van der Waals surface area contributed by atoms with Crippen molar-refractivity contribution in [3.63, 3.8) is 0 Å². The van der Waals surface area contributed by atoms with E-state index in [1.54, 1.807) is 42.5 Å². The summed E-state index contributed by atoms with van der Waals surface area (Å²) in [6.45, 7) is 0. The van der Waals surface area contributed by atoms with Gasteiger partial charge in [0.15, 0.2) is 4.32 Å². The van der Waals surface area contributed by atoms with Gasteiger partial charge in [-0.1, -0.05) is 41.6 Å². The molecule has 25 heavy (non-hydrogen) atoms. The van der Waals surface area contributed by atoms with Crippen molar-refractivity contribution in [1.29, 1.82) is 0 Å². The number of carbonyl (C=O) groups excluding carboxylic acids is 1. The molecule has 1 N–H and O–H groups in total. The summed E-state index contributed by atoms with van der Waals surface area (Å²) in [7, 11) is 1.53. The molecule has 1 amide bonds. The fraction of sp³-hybridized carbons (Fsp3) is 0.0588. The molecule has 3 rings (SSSR count). The van der Waals surface area contributed by atoms with Crippen LogP contribution in [0.25, 0.3) is 6.08 Å². The Hall–Kier alpha value is -1.54. The van der Waals surface area contributed by atoms with Crippen molar-refractivity contribution in [2.24, 2.45) is 0 Å². The van der Waals surface area contributed by atoms with Gasteiger partial charge < -0.3 is 9.84 Å². The van der Waals surface area contributed by atoms with Crippen LogP contribution >= 0.6 is 51.5 Å². The summed E-state index contributed by atoms with van der Waals surface area (Å²) in [5.41, 5.74) is 1.36. The van der Waals surface area contributed by atoms with Crippen LogP contribution in [0.4, 0.5) is 5.69 Å². The first-order chi connectivity index (χ1) is 11.9. The average Bonchev–Trinajstić information content (AvgIpc) is 2.85. The molecule has 2 aromatic rings. The Kier molecular flexibility index (Phi) is 5.38. The van der Waals surface area contributed by atoms with Gasteiger partial charge in [0.1, 0.15) is 11.5 Å². The van der Waals surface area contributed by atoms with Crippen LogP contribution in [0.1, 0.15) is 5.56 Å². The maximum Gasteiger partial charge on any atom is 0.270 e. The highest BCUT2D eigenvalue weighted by Crippen LogP contribution is 2.38. The molecular formula is C17H11BrClNO3S2. The van der Waals surface area contributed by atoms with E-state index >= 15 is 0 Å². The number of aromatic hydroxyl groups is 1. The summed E-state index contributed by atoms with van der Waals surface area (Å²) < 4.78 is 6.11. The molecule has 0 aliphatic carbocycles. The van der Waals surface area contributed by atoms with E-state index < -0.39 is 0 Å². The van der Waals surface area contributed by atoms with Crippen molar-refractivity contribution in [3.05, 3.63) is 56.4 Å². The third-order valence-electron chi connectivity index (χ3n) is 3.46. The molecule has 1 aliphatic heterocycles. The van der Waals surface area contributed by atoms with Crippen LogP contribution in [-0.4, -0.2) is 22.4 Å². The summed E-state index contributed by atoms with van der Waals surface area (Å²) in [5.74, 6) is 0.443. The molecule has 0 radical (unpaired) electrons. The standard InChI is InChI=1S/C17H11BrClNO3S2/c1-23-14-5-3-10(8-12(14)19)20-16(22)15(25-17(20)24)7-9-2-4-13(21)11(18)6-9/h2-8,21H,1H3/b15-7-. The molecule has 128 valence electrons. The van der Waals surface area contributed by atoms with E-state index in [4.69, 9.17) is 28.6 Å². The molecule has 0 atom stereocenters. The van der Waals surface area contributed by atoms with E-state index in [1.165, 1.54) is 23.8 Å². The summed E-state index contributed by atoms with van der Waals surface area (Å²) >= 11 is 16.0. The Morgan fingerprint density at radius 2 is 2.08 bits per heavy atom. The Bertz CT molecular complexity index is 917. The van der Waals surface area contributed by atoms with E-state index in [0.717, 1.165) is 5.56 Å². The van der Waals surface area contributed by atoms with Crippen LogP contribution in [0.15, 0.2) is 45.8 Å². The zero-order valence-electron chi connectivity index (χ0n) is 12.8. The highest BCUT2D eigenvalue weighted by atomic mass is 79.9. The summed E-state index contributed by atoms with van der Waals surface area (Å²) in [4.78, 5) is 14.7. The summed E-state index contributed by atoms with van der Waals surface area (Å²) in [6, 6.07) is 10.1. The monoisotopic (exact) mass is 455 g/mol. The van der Waals surface area contributed by atoms with E-state index in [2.05, 4.69) is 15.9 Å². The largest absolute Gasteiger partial charge is 0.507 e. The Labute approximate surface area is 167 Å². The van der Waals surface area contributed by atoms with Crippen LogP contribution in [-0.2, 0) is 4.79 Å². The normalized spacial score (nSPS) is 16.0. The number of rotatable bonds is 3.